The maximum atomic E-state index is 11.5. The molecule has 0 aromatic heterocycles. The van der Waals surface area contributed by atoms with Gasteiger partial charge in [0.15, 0.2) is 0 Å². The Balaban J connectivity index is 0.00000169. The van der Waals surface area contributed by atoms with Crippen LogP contribution in [0.25, 0.3) is 0 Å². The molecule has 1 saturated heterocycles. The minimum absolute atomic E-state index is 0. The lowest BCUT2D eigenvalue weighted by Crippen LogP contribution is -2.35. The lowest BCUT2D eigenvalue weighted by Gasteiger charge is -2.12. The highest BCUT2D eigenvalue weighted by Gasteiger charge is 2.21. The van der Waals surface area contributed by atoms with E-state index < -0.39 is 0 Å². The molecule has 1 fully saturated rings. The molecule has 0 radical (unpaired) electrons. The minimum Gasteiger partial charge on any atom is -0.355 e. The normalized spacial score (nSPS) is 22.6. The number of carbonyl (C=O) groups excluding carboxylic acids is 1. The molecule has 5 heteroatoms. The summed E-state index contributed by atoms with van der Waals surface area (Å²) < 4.78 is 0. The molecule has 0 bridgehead atoms. The first kappa shape index (κ1) is 14.1. The molecule has 0 spiro atoms. The molecular formula is C9H19ClN2OS. The van der Waals surface area contributed by atoms with Crippen molar-refractivity contribution in [2.24, 2.45) is 5.92 Å². The van der Waals surface area contributed by atoms with Gasteiger partial charge in [0, 0.05) is 18.3 Å². The molecule has 14 heavy (non-hydrogen) atoms. The molecule has 0 aliphatic carbocycles. The first-order valence-corrected chi connectivity index (χ1v) is 6.04. The van der Waals surface area contributed by atoms with Crippen LogP contribution in [-0.4, -0.2) is 37.0 Å². The first-order chi connectivity index (χ1) is 6.24. The van der Waals surface area contributed by atoms with Gasteiger partial charge in [0.05, 0.1) is 5.92 Å². The number of halogens is 1. The van der Waals surface area contributed by atoms with Crippen LogP contribution in [0.2, 0.25) is 0 Å². The Morgan fingerprint density at radius 2 is 2.43 bits per heavy atom. The molecule has 0 saturated carbocycles. The third-order valence-electron chi connectivity index (χ3n) is 2.40. The second kappa shape index (κ2) is 7.37. The molecule has 1 aliphatic rings. The maximum Gasteiger partial charge on any atom is 0.224 e. The van der Waals surface area contributed by atoms with Crippen LogP contribution in [0.4, 0.5) is 0 Å². The fraction of sp³-hybridized carbons (Fsp3) is 0.889. The zero-order chi connectivity index (χ0) is 9.68. The van der Waals surface area contributed by atoms with Crippen LogP contribution in [0.15, 0.2) is 0 Å². The summed E-state index contributed by atoms with van der Waals surface area (Å²) in [5, 5.41) is 6.68. The van der Waals surface area contributed by atoms with Crippen molar-refractivity contribution in [3.05, 3.63) is 0 Å². The number of hydrogen-bond donors (Lipinski definition) is 2. The molecule has 2 atom stereocenters. The van der Waals surface area contributed by atoms with Crippen molar-refractivity contribution in [1.82, 2.24) is 10.6 Å². The van der Waals surface area contributed by atoms with Crippen LogP contribution in [0.3, 0.4) is 0 Å². The van der Waals surface area contributed by atoms with Crippen LogP contribution in [0.5, 0.6) is 0 Å². The Labute approximate surface area is 96.2 Å². The van der Waals surface area contributed by atoms with Crippen molar-refractivity contribution in [3.63, 3.8) is 0 Å². The fourth-order valence-electron chi connectivity index (χ4n) is 1.35. The standard InChI is InChI=1S/C9H18N2OS.ClH/c1-7(13-2)5-11-9(12)8-3-4-10-6-8;/h7-8,10H,3-6H2,1-2H3,(H,11,12);1H. The van der Waals surface area contributed by atoms with Crippen molar-refractivity contribution in [2.75, 3.05) is 25.9 Å². The van der Waals surface area contributed by atoms with Crippen molar-refractivity contribution in [3.8, 4) is 0 Å². The Morgan fingerprint density at radius 3 is 2.93 bits per heavy atom. The number of amides is 1. The van der Waals surface area contributed by atoms with E-state index in [1.165, 1.54) is 0 Å². The van der Waals surface area contributed by atoms with Crippen LogP contribution in [-0.2, 0) is 4.79 Å². The number of rotatable bonds is 4. The average molecular weight is 239 g/mol. The molecule has 1 aliphatic heterocycles. The molecule has 0 aromatic rings. The maximum absolute atomic E-state index is 11.5. The molecule has 0 aromatic carbocycles. The van der Waals surface area contributed by atoms with Gasteiger partial charge >= 0.3 is 0 Å². The fourth-order valence-corrected chi connectivity index (χ4v) is 1.60. The van der Waals surface area contributed by atoms with E-state index in [1.54, 1.807) is 11.8 Å². The quantitative estimate of drug-likeness (QED) is 0.764. The van der Waals surface area contributed by atoms with Crippen molar-refractivity contribution >= 4 is 30.1 Å². The molecule has 1 amide bonds. The third kappa shape index (κ3) is 4.53. The monoisotopic (exact) mass is 238 g/mol. The molecule has 84 valence electrons. The van der Waals surface area contributed by atoms with Crippen LogP contribution in [0, 0.1) is 5.92 Å². The van der Waals surface area contributed by atoms with Gasteiger partial charge in [-0.3, -0.25) is 4.79 Å². The van der Waals surface area contributed by atoms with Gasteiger partial charge in [0.25, 0.3) is 0 Å². The van der Waals surface area contributed by atoms with Gasteiger partial charge in [-0.1, -0.05) is 6.92 Å². The molecule has 3 nitrogen and oxygen atoms in total. The number of nitrogens with one attached hydrogen (secondary N) is 2. The van der Waals surface area contributed by atoms with E-state index in [0.717, 1.165) is 26.1 Å². The van der Waals surface area contributed by atoms with E-state index in [0.29, 0.717) is 5.25 Å². The smallest absolute Gasteiger partial charge is 0.224 e. The average Bonchev–Trinajstić information content (AvgIpc) is 2.66. The summed E-state index contributed by atoms with van der Waals surface area (Å²) in [5.41, 5.74) is 0. The van der Waals surface area contributed by atoms with Gasteiger partial charge in [0.1, 0.15) is 0 Å². The van der Waals surface area contributed by atoms with E-state index in [4.69, 9.17) is 0 Å². The van der Waals surface area contributed by atoms with E-state index in [1.807, 2.05) is 0 Å². The zero-order valence-electron chi connectivity index (χ0n) is 8.71. The summed E-state index contributed by atoms with van der Waals surface area (Å²) in [6, 6.07) is 0. The Hall–Kier alpha value is 0.0700. The molecule has 1 rings (SSSR count). The number of thioether (sulfide) groups is 1. The summed E-state index contributed by atoms with van der Waals surface area (Å²) in [6.45, 7) is 4.74. The Morgan fingerprint density at radius 1 is 1.71 bits per heavy atom. The molecule has 2 unspecified atom stereocenters. The zero-order valence-corrected chi connectivity index (χ0v) is 10.3. The first-order valence-electron chi connectivity index (χ1n) is 4.75. The van der Waals surface area contributed by atoms with Gasteiger partial charge in [-0.2, -0.15) is 11.8 Å². The van der Waals surface area contributed by atoms with E-state index in [-0.39, 0.29) is 24.2 Å². The van der Waals surface area contributed by atoms with Crippen molar-refractivity contribution in [2.45, 2.75) is 18.6 Å². The third-order valence-corrected chi connectivity index (χ3v) is 3.37. The van der Waals surface area contributed by atoms with Gasteiger partial charge < -0.3 is 10.6 Å². The summed E-state index contributed by atoms with van der Waals surface area (Å²) in [6.07, 6.45) is 3.05. The number of carbonyl (C=O) groups is 1. The van der Waals surface area contributed by atoms with E-state index in [9.17, 15) is 4.79 Å². The van der Waals surface area contributed by atoms with Crippen LogP contribution < -0.4 is 10.6 Å². The summed E-state index contributed by atoms with van der Waals surface area (Å²) in [4.78, 5) is 11.5. The summed E-state index contributed by atoms with van der Waals surface area (Å²) >= 11 is 1.78. The topological polar surface area (TPSA) is 41.1 Å². The molecular weight excluding hydrogens is 220 g/mol. The predicted molar refractivity (Wildman–Crippen MR) is 64.2 cm³/mol. The van der Waals surface area contributed by atoms with Crippen LogP contribution >= 0.6 is 24.2 Å². The van der Waals surface area contributed by atoms with Gasteiger partial charge in [-0.05, 0) is 19.2 Å². The van der Waals surface area contributed by atoms with Crippen LogP contribution in [0.1, 0.15) is 13.3 Å². The predicted octanol–water partition coefficient (Wildman–Crippen LogP) is 0.885. The van der Waals surface area contributed by atoms with E-state index in [2.05, 4.69) is 23.8 Å². The SMILES string of the molecule is CSC(C)CNC(=O)C1CCNC1.Cl. The second-order valence-corrected chi connectivity index (χ2v) is 4.76. The highest BCUT2D eigenvalue weighted by Crippen LogP contribution is 2.08. The van der Waals surface area contributed by atoms with E-state index >= 15 is 0 Å². The molecule has 2 N–H and O–H groups in total. The lowest BCUT2D eigenvalue weighted by atomic mass is 10.1. The highest BCUT2D eigenvalue weighted by molar-refractivity contribution is 7.99. The van der Waals surface area contributed by atoms with Gasteiger partial charge in [0.2, 0.25) is 5.91 Å². The largest absolute Gasteiger partial charge is 0.355 e. The highest BCUT2D eigenvalue weighted by atomic mass is 35.5. The minimum atomic E-state index is 0. The van der Waals surface area contributed by atoms with Crippen molar-refractivity contribution in [1.29, 1.82) is 0 Å². The van der Waals surface area contributed by atoms with Crippen molar-refractivity contribution < 1.29 is 4.79 Å². The van der Waals surface area contributed by atoms with Gasteiger partial charge in [-0.25, -0.2) is 0 Å². The second-order valence-electron chi connectivity index (χ2n) is 3.48. The Bertz CT molecular complexity index is 174. The Kier molecular flexibility index (Phi) is 7.41. The molecule has 1 heterocycles. The lowest BCUT2D eigenvalue weighted by molar-refractivity contribution is -0.124. The number of hydrogen-bond acceptors (Lipinski definition) is 3. The summed E-state index contributed by atoms with van der Waals surface area (Å²) in [7, 11) is 0. The van der Waals surface area contributed by atoms with Gasteiger partial charge in [-0.15, -0.1) is 12.4 Å². The summed E-state index contributed by atoms with van der Waals surface area (Å²) in [5.74, 6) is 0.417.